The van der Waals surface area contributed by atoms with Crippen LogP contribution in [-0.4, -0.2) is 25.2 Å². The molecule has 2 rings (SSSR count). The molecule has 0 aromatic rings. The second-order valence-corrected chi connectivity index (χ2v) is 5.37. The summed E-state index contributed by atoms with van der Waals surface area (Å²) in [5.74, 6) is -0.139. The molecule has 102 valence electrons. The van der Waals surface area contributed by atoms with Crippen LogP contribution >= 0.6 is 0 Å². The van der Waals surface area contributed by atoms with Gasteiger partial charge in [-0.05, 0) is 50.9 Å². The maximum atomic E-state index is 12.4. The molecule has 0 aromatic carbocycles. The maximum absolute atomic E-state index is 12.4. The number of rotatable bonds is 4. The highest BCUT2D eigenvalue weighted by Crippen LogP contribution is 2.60. The molecule has 4 heteroatoms. The Morgan fingerprint density at radius 1 is 1.11 bits per heavy atom. The third kappa shape index (κ3) is 1.65. The minimum absolute atomic E-state index is 0.0364. The lowest BCUT2D eigenvalue weighted by Crippen LogP contribution is -2.50. The van der Waals surface area contributed by atoms with E-state index < -0.39 is 5.41 Å². The van der Waals surface area contributed by atoms with Gasteiger partial charge in [-0.1, -0.05) is 6.92 Å². The Morgan fingerprint density at radius 2 is 1.67 bits per heavy atom. The van der Waals surface area contributed by atoms with Crippen molar-refractivity contribution in [2.75, 3.05) is 13.2 Å². The van der Waals surface area contributed by atoms with Crippen molar-refractivity contribution in [3.63, 3.8) is 0 Å². The van der Waals surface area contributed by atoms with Gasteiger partial charge in [0.05, 0.1) is 13.2 Å². The summed E-state index contributed by atoms with van der Waals surface area (Å²) < 4.78 is 10.4. The minimum atomic E-state index is -1.03. The van der Waals surface area contributed by atoms with Crippen molar-refractivity contribution in [1.29, 1.82) is 0 Å². The summed E-state index contributed by atoms with van der Waals surface area (Å²) in [7, 11) is 0. The van der Waals surface area contributed by atoms with E-state index in [1.807, 2.05) is 6.92 Å². The Kier molecular flexibility index (Phi) is 3.64. The number of ether oxygens (including phenoxy) is 2. The SMILES string of the molecule is CCOC(=O)C1(C(=O)OCC)[C@@H]2CC[C@H](C2)[C@H]1C. The van der Waals surface area contributed by atoms with Crippen molar-refractivity contribution in [2.24, 2.45) is 23.2 Å². The molecule has 0 aromatic heterocycles. The average molecular weight is 254 g/mol. The normalized spacial score (nSPS) is 32.3. The molecule has 2 saturated carbocycles. The van der Waals surface area contributed by atoms with Gasteiger partial charge >= 0.3 is 11.9 Å². The number of carbonyl (C=O) groups is 2. The Morgan fingerprint density at radius 3 is 2.06 bits per heavy atom. The summed E-state index contributed by atoms with van der Waals surface area (Å²) in [5.41, 5.74) is -1.03. The lowest BCUT2D eigenvalue weighted by atomic mass is 9.66. The first-order chi connectivity index (χ1) is 8.58. The summed E-state index contributed by atoms with van der Waals surface area (Å²) in [6.07, 6.45) is 3.01. The van der Waals surface area contributed by atoms with Crippen LogP contribution in [0.1, 0.15) is 40.0 Å². The van der Waals surface area contributed by atoms with Gasteiger partial charge in [0, 0.05) is 0 Å². The van der Waals surface area contributed by atoms with E-state index in [9.17, 15) is 9.59 Å². The lowest BCUT2D eigenvalue weighted by Gasteiger charge is -2.37. The highest BCUT2D eigenvalue weighted by molar-refractivity contribution is 6.01. The summed E-state index contributed by atoms with van der Waals surface area (Å²) in [6, 6.07) is 0. The molecule has 18 heavy (non-hydrogen) atoms. The van der Waals surface area contributed by atoms with Gasteiger partial charge in [-0.25, -0.2) is 0 Å². The highest BCUT2D eigenvalue weighted by Gasteiger charge is 2.66. The van der Waals surface area contributed by atoms with Crippen molar-refractivity contribution in [3.8, 4) is 0 Å². The molecular weight excluding hydrogens is 232 g/mol. The zero-order valence-electron chi connectivity index (χ0n) is 11.4. The first-order valence-electron chi connectivity index (χ1n) is 6.93. The Hall–Kier alpha value is -1.06. The van der Waals surface area contributed by atoms with Crippen LogP contribution in [0.15, 0.2) is 0 Å². The fourth-order valence-electron chi connectivity index (χ4n) is 3.92. The third-order valence-electron chi connectivity index (χ3n) is 4.77. The number of carbonyl (C=O) groups excluding carboxylic acids is 2. The van der Waals surface area contributed by atoms with Gasteiger partial charge in [0.1, 0.15) is 0 Å². The first kappa shape index (κ1) is 13.4. The second kappa shape index (κ2) is 4.90. The van der Waals surface area contributed by atoms with Crippen LogP contribution < -0.4 is 0 Å². The predicted molar refractivity (Wildman–Crippen MR) is 65.7 cm³/mol. The second-order valence-electron chi connectivity index (χ2n) is 5.37. The molecular formula is C14H22O4. The molecule has 2 bridgehead atoms. The number of esters is 2. The van der Waals surface area contributed by atoms with Gasteiger partial charge < -0.3 is 9.47 Å². The van der Waals surface area contributed by atoms with Gasteiger partial charge in [0.2, 0.25) is 0 Å². The number of hydrogen-bond acceptors (Lipinski definition) is 4. The smallest absolute Gasteiger partial charge is 0.324 e. The fraction of sp³-hybridized carbons (Fsp3) is 0.857. The van der Waals surface area contributed by atoms with Crippen LogP contribution in [0, 0.1) is 23.2 Å². The summed E-state index contributed by atoms with van der Waals surface area (Å²) in [4.78, 5) is 24.7. The molecule has 0 unspecified atom stereocenters. The Balaban J connectivity index is 2.34. The fourth-order valence-corrected chi connectivity index (χ4v) is 3.92. The summed E-state index contributed by atoms with van der Waals surface area (Å²) in [5, 5.41) is 0. The molecule has 0 amide bonds. The largest absolute Gasteiger partial charge is 0.465 e. The molecule has 0 spiro atoms. The molecule has 0 N–H and O–H groups in total. The van der Waals surface area contributed by atoms with Crippen molar-refractivity contribution in [1.82, 2.24) is 0 Å². The molecule has 0 aliphatic heterocycles. The topological polar surface area (TPSA) is 52.6 Å². The molecule has 2 aliphatic rings. The summed E-state index contributed by atoms with van der Waals surface area (Å²) >= 11 is 0. The molecule has 2 aliphatic carbocycles. The number of hydrogen-bond donors (Lipinski definition) is 0. The minimum Gasteiger partial charge on any atom is -0.465 e. The predicted octanol–water partition coefficient (Wildman–Crippen LogP) is 2.17. The van der Waals surface area contributed by atoms with Gasteiger partial charge in [0.25, 0.3) is 0 Å². The maximum Gasteiger partial charge on any atom is 0.324 e. The van der Waals surface area contributed by atoms with Crippen LogP contribution in [-0.2, 0) is 19.1 Å². The quantitative estimate of drug-likeness (QED) is 0.570. The van der Waals surface area contributed by atoms with Gasteiger partial charge in [-0.2, -0.15) is 0 Å². The van der Waals surface area contributed by atoms with E-state index in [1.165, 1.54) is 0 Å². The molecule has 0 heterocycles. The van der Waals surface area contributed by atoms with E-state index in [1.54, 1.807) is 13.8 Å². The van der Waals surface area contributed by atoms with E-state index in [-0.39, 0.29) is 23.8 Å². The van der Waals surface area contributed by atoms with Crippen LogP contribution in [0.25, 0.3) is 0 Å². The third-order valence-corrected chi connectivity index (χ3v) is 4.77. The Bertz CT molecular complexity index is 328. The average Bonchev–Trinajstić information content (AvgIpc) is 2.89. The lowest BCUT2D eigenvalue weighted by molar-refractivity contribution is -0.180. The Labute approximate surface area is 108 Å². The van der Waals surface area contributed by atoms with Gasteiger partial charge in [-0.3, -0.25) is 9.59 Å². The standard InChI is InChI=1S/C14H22O4/c1-4-17-12(15)14(13(16)18-5-2)9(3)10-6-7-11(14)8-10/h9-11H,4-8H2,1-3H3/t9-,10-,11-/m1/s1. The van der Waals surface area contributed by atoms with Crippen molar-refractivity contribution < 1.29 is 19.1 Å². The van der Waals surface area contributed by atoms with Crippen molar-refractivity contribution in [2.45, 2.75) is 40.0 Å². The van der Waals surface area contributed by atoms with E-state index in [2.05, 4.69) is 0 Å². The van der Waals surface area contributed by atoms with Crippen LogP contribution in [0.2, 0.25) is 0 Å². The first-order valence-corrected chi connectivity index (χ1v) is 6.93. The van der Waals surface area contributed by atoms with E-state index in [0.29, 0.717) is 19.1 Å². The van der Waals surface area contributed by atoms with E-state index in [4.69, 9.17) is 9.47 Å². The van der Waals surface area contributed by atoms with Crippen LogP contribution in [0.4, 0.5) is 0 Å². The molecule has 0 saturated heterocycles. The highest BCUT2D eigenvalue weighted by atomic mass is 16.6. The van der Waals surface area contributed by atoms with Crippen LogP contribution in [0.3, 0.4) is 0 Å². The molecule has 2 fully saturated rings. The monoisotopic (exact) mass is 254 g/mol. The summed E-state index contributed by atoms with van der Waals surface area (Å²) in [6.45, 7) is 6.16. The number of fused-ring (bicyclic) bond motifs is 2. The zero-order chi connectivity index (χ0) is 13.3. The molecule has 3 atom stereocenters. The van der Waals surface area contributed by atoms with Crippen LogP contribution in [0.5, 0.6) is 0 Å². The van der Waals surface area contributed by atoms with Crippen molar-refractivity contribution >= 4 is 11.9 Å². The zero-order valence-corrected chi connectivity index (χ0v) is 11.4. The van der Waals surface area contributed by atoms with E-state index in [0.717, 1.165) is 19.3 Å². The molecule has 4 nitrogen and oxygen atoms in total. The van der Waals surface area contributed by atoms with Gasteiger partial charge in [0.15, 0.2) is 5.41 Å². The van der Waals surface area contributed by atoms with E-state index >= 15 is 0 Å². The molecule has 0 radical (unpaired) electrons. The van der Waals surface area contributed by atoms with Gasteiger partial charge in [-0.15, -0.1) is 0 Å². The van der Waals surface area contributed by atoms with Crippen molar-refractivity contribution in [3.05, 3.63) is 0 Å².